The Morgan fingerprint density at radius 2 is 2.04 bits per heavy atom. The third-order valence-electron chi connectivity index (χ3n) is 4.04. The van der Waals surface area contributed by atoms with Crippen LogP contribution in [0.1, 0.15) is 57.8 Å². The van der Waals surface area contributed by atoms with Gasteiger partial charge in [-0.25, -0.2) is 9.66 Å². The Hall–Kier alpha value is -1.73. The van der Waals surface area contributed by atoms with Crippen LogP contribution < -0.4 is 11.0 Å². The van der Waals surface area contributed by atoms with Crippen LogP contribution in [-0.4, -0.2) is 21.2 Å². The number of rotatable bonds is 1. The van der Waals surface area contributed by atoms with Crippen LogP contribution in [0.15, 0.2) is 4.79 Å². The summed E-state index contributed by atoms with van der Waals surface area (Å²) >= 11 is 1.51. The van der Waals surface area contributed by atoms with E-state index in [0.29, 0.717) is 24.2 Å². The quantitative estimate of drug-likeness (QED) is 0.859. The topological polar surface area (TPSA) is 73.2 Å². The summed E-state index contributed by atoms with van der Waals surface area (Å²) in [5.74, 6) is 0.255. The average molecular weight is 349 g/mol. The van der Waals surface area contributed by atoms with Crippen LogP contribution in [0.5, 0.6) is 0 Å². The van der Waals surface area contributed by atoms with Gasteiger partial charge in [0, 0.05) is 23.6 Å². The van der Waals surface area contributed by atoms with E-state index in [4.69, 9.17) is 9.72 Å². The van der Waals surface area contributed by atoms with Crippen LogP contribution >= 0.6 is 11.3 Å². The van der Waals surface area contributed by atoms with Crippen LogP contribution in [0.3, 0.4) is 0 Å². The molecular formula is C17H23N3O3S. The molecule has 130 valence electrons. The molecule has 3 rings (SSSR count). The number of ether oxygens (including phenoxy) is 1. The van der Waals surface area contributed by atoms with Gasteiger partial charge in [0.2, 0.25) is 5.91 Å². The number of nitrogens with one attached hydrogen (secondary N) is 1. The van der Waals surface area contributed by atoms with Crippen molar-refractivity contribution in [1.29, 1.82) is 0 Å². The predicted octanol–water partition coefficient (Wildman–Crippen LogP) is 2.70. The monoisotopic (exact) mass is 349 g/mol. The Balaban J connectivity index is 2.34. The zero-order valence-corrected chi connectivity index (χ0v) is 15.8. The van der Waals surface area contributed by atoms with Crippen molar-refractivity contribution in [2.24, 2.45) is 0 Å². The molecule has 0 saturated carbocycles. The molecule has 2 aromatic heterocycles. The predicted molar refractivity (Wildman–Crippen MR) is 95.2 cm³/mol. The van der Waals surface area contributed by atoms with E-state index in [9.17, 15) is 9.59 Å². The van der Waals surface area contributed by atoms with Gasteiger partial charge in [0.1, 0.15) is 10.7 Å². The van der Waals surface area contributed by atoms with Gasteiger partial charge in [-0.3, -0.25) is 15.0 Å². The molecule has 1 N–H and O–H groups in total. The summed E-state index contributed by atoms with van der Waals surface area (Å²) in [6.07, 6.45) is 0.661. The van der Waals surface area contributed by atoms with Gasteiger partial charge in [0.05, 0.1) is 17.6 Å². The van der Waals surface area contributed by atoms with E-state index in [-0.39, 0.29) is 22.5 Å². The molecule has 6 nitrogen and oxygen atoms in total. The first-order valence-corrected chi connectivity index (χ1v) is 8.80. The third-order valence-corrected chi connectivity index (χ3v) is 5.14. The van der Waals surface area contributed by atoms with Crippen LogP contribution in [0, 0.1) is 0 Å². The molecule has 1 aliphatic rings. The fraction of sp³-hybridized carbons (Fsp3) is 0.588. The fourth-order valence-electron chi connectivity index (χ4n) is 2.96. The highest BCUT2D eigenvalue weighted by Gasteiger charge is 2.32. The first-order chi connectivity index (χ1) is 11.0. The Morgan fingerprint density at radius 3 is 2.62 bits per heavy atom. The van der Waals surface area contributed by atoms with Crippen molar-refractivity contribution >= 4 is 27.5 Å². The van der Waals surface area contributed by atoms with E-state index < -0.39 is 0 Å². The van der Waals surface area contributed by atoms with Gasteiger partial charge in [0.25, 0.3) is 5.56 Å². The number of amides is 1. The molecule has 0 radical (unpaired) electrons. The Bertz CT molecular complexity index is 887. The van der Waals surface area contributed by atoms with Gasteiger partial charge >= 0.3 is 0 Å². The molecule has 1 aliphatic heterocycles. The smallest absolute Gasteiger partial charge is 0.281 e. The number of carbonyl (C=O) groups is 1. The molecule has 1 amide bonds. The number of carbonyl (C=O) groups excluding carboxylic acids is 1. The lowest BCUT2D eigenvalue weighted by molar-refractivity contribution is -0.115. The molecule has 0 aliphatic carbocycles. The molecule has 24 heavy (non-hydrogen) atoms. The molecule has 0 unspecified atom stereocenters. The summed E-state index contributed by atoms with van der Waals surface area (Å²) in [7, 11) is 0. The van der Waals surface area contributed by atoms with Gasteiger partial charge in [-0.2, -0.15) is 0 Å². The minimum Gasteiger partial charge on any atom is -0.370 e. The number of nitrogens with zero attached hydrogens (tertiary/aromatic N) is 2. The maximum atomic E-state index is 13.1. The SMILES string of the molecule is CC(=O)Nn1c(C(C)(C)C)nc2sc3c(c2c1=O)CC(C)(C)OC3. The molecule has 7 heteroatoms. The van der Waals surface area contributed by atoms with Crippen LogP contribution in [0.2, 0.25) is 0 Å². The normalized spacial score (nSPS) is 16.9. The fourth-order valence-corrected chi connectivity index (χ4v) is 4.05. The Morgan fingerprint density at radius 1 is 1.38 bits per heavy atom. The van der Waals surface area contributed by atoms with Crippen LogP contribution in [0.25, 0.3) is 10.2 Å². The van der Waals surface area contributed by atoms with Crippen molar-refractivity contribution < 1.29 is 9.53 Å². The highest BCUT2D eigenvalue weighted by Crippen LogP contribution is 2.37. The summed E-state index contributed by atoms with van der Waals surface area (Å²) in [5.41, 5.74) is 2.73. The molecule has 0 bridgehead atoms. The summed E-state index contributed by atoms with van der Waals surface area (Å²) in [4.78, 5) is 31.2. The Kier molecular flexibility index (Phi) is 3.84. The lowest BCUT2D eigenvalue weighted by Crippen LogP contribution is -2.39. The first-order valence-electron chi connectivity index (χ1n) is 7.99. The second-order valence-corrected chi connectivity index (χ2v) is 8.99. The molecule has 0 aromatic carbocycles. The second kappa shape index (κ2) is 5.39. The van der Waals surface area contributed by atoms with Crippen molar-refractivity contribution in [1.82, 2.24) is 9.66 Å². The number of fused-ring (bicyclic) bond motifs is 3. The van der Waals surface area contributed by atoms with E-state index in [1.165, 1.54) is 22.9 Å². The molecule has 0 spiro atoms. The number of aromatic nitrogens is 2. The maximum absolute atomic E-state index is 13.1. The van der Waals surface area contributed by atoms with E-state index in [2.05, 4.69) is 5.43 Å². The van der Waals surface area contributed by atoms with Gasteiger partial charge in [-0.15, -0.1) is 11.3 Å². The van der Waals surface area contributed by atoms with Gasteiger partial charge < -0.3 is 4.74 Å². The van der Waals surface area contributed by atoms with E-state index in [1.54, 1.807) is 0 Å². The first kappa shape index (κ1) is 17.1. The minimum absolute atomic E-state index is 0.213. The Labute approximate surface area is 144 Å². The summed E-state index contributed by atoms with van der Waals surface area (Å²) in [6.45, 7) is 11.8. The molecule has 3 heterocycles. The van der Waals surface area contributed by atoms with Gasteiger partial charge in [-0.05, 0) is 19.4 Å². The van der Waals surface area contributed by atoms with Crippen molar-refractivity contribution in [3.63, 3.8) is 0 Å². The summed E-state index contributed by atoms with van der Waals surface area (Å²) in [6, 6.07) is 0. The maximum Gasteiger partial charge on any atom is 0.281 e. The van der Waals surface area contributed by atoms with Crippen molar-refractivity contribution in [3.8, 4) is 0 Å². The second-order valence-electron chi connectivity index (χ2n) is 7.90. The molecule has 0 atom stereocenters. The summed E-state index contributed by atoms with van der Waals surface area (Å²) in [5, 5.41) is 0.605. The number of thiophene rings is 1. The van der Waals surface area contributed by atoms with E-state index in [0.717, 1.165) is 15.3 Å². The number of hydrogen-bond acceptors (Lipinski definition) is 5. The van der Waals surface area contributed by atoms with Gasteiger partial charge in [-0.1, -0.05) is 20.8 Å². The largest absolute Gasteiger partial charge is 0.370 e. The van der Waals surface area contributed by atoms with E-state index in [1.807, 2.05) is 34.6 Å². The highest BCUT2D eigenvalue weighted by atomic mass is 32.1. The van der Waals surface area contributed by atoms with Crippen molar-refractivity contribution in [2.75, 3.05) is 5.43 Å². The van der Waals surface area contributed by atoms with Gasteiger partial charge in [0.15, 0.2) is 0 Å². The van der Waals surface area contributed by atoms with Crippen LogP contribution in [-0.2, 0) is 28.0 Å². The zero-order chi connectivity index (χ0) is 17.9. The molecule has 2 aromatic rings. The molecular weight excluding hydrogens is 326 g/mol. The average Bonchev–Trinajstić information content (AvgIpc) is 2.76. The van der Waals surface area contributed by atoms with E-state index >= 15 is 0 Å². The number of hydrogen-bond donors (Lipinski definition) is 1. The molecule has 0 fully saturated rings. The van der Waals surface area contributed by atoms with Crippen molar-refractivity contribution in [3.05, 3.63) is 26.6 Å². The highest BCUT2D eigenvalue weighted by molar-refractivity contribution is 7.18. The minimum atomic E-state index is -0.379. The lowest BCUT2D eigenvalue weighted by atomic mass is 9.93. The standard InChI is InChI=1S/C17H23N3O3S/c1-9(21)19-20-14(22)12-10-7-17(5,6)23-8-11(10)24-13(12)18-15(20)16(2,3)4/h7-8H2,1-6H3,(H,19,21). The lowest BCUT2D eigenvalue weighted by Gasteiger charge is -2.30. The zero-order valence-electron chi connectivity index (χ0n) is 14.9. The summed E-state index contributed by atoms with van der Waals surface area (Å²) < 4.78 is 7.16. The van der Waals surface area contributed by atoms with Crippen LogP contribution in [0.4, 0.5) is 0 Å². The van der Waals surface area contributed by atoms with Crippen molar-refractivity contribution in [2.45, 2.75) is 65.6 Å². The molecule has 0 saturated heterocycles. The third kappa shape index (κ3) is 2.86.